The molecule has 1 aliphatic heterocycles. The van der Waals surface area contributed by atoms with Crippen molar-refractivity contribution in [3.05, 3.63) is 65.7 Å². The molecule has 0 aromatic heterocycles. The molecule has 1 aliphatic rings. The van der Waals surface area contributed by atoms with Gasteiger partial charge in [-0.05, 0) is 37.0 Å². The SMILES string of the molecule is Cc1ccccc1NC(=O)C(=O)N1CCCC1c1ccccc1. The first-order valence-corrected chi connectivity index (χ1v) is 7.89. The van der Waals surface area contributed by atoms with Crippen LogP contribution in [0, 0.1) is 6.92 Å². The van der Waals surface area contributed by atoms with Gasteiger partial charge in [-0.3, -0.25) is 9.59 Å². The van der Waals surface area contributed by atoms with Crippen molar-refractivity contribution in [2.75, 3.05) is 11.9 Å². The minimum atomic E-state index is -0.567. The summed E-state index contributed by atoms with van der Waals surface area (Å²) in [6, 6.07) is 17.3. The third-order valence-corrected chi connectivity index (χ3v) is 4.29. The van der Waals surface area contributed by atoms with Crippen molar-refractivity contribution in [3.63, 3.8) is 0 Å². The van der Waals surface area contributed by atoms with Crippen molar-refractivity contribution in [2.45, 2.75) is 25.8 Å². The number of carbonyl (C=O) groups is 2. The van der Waals surface area contributed by atoms with E-state index in [0.717, 1.165) is 24.0 Å². The van der Waals surface area contributed by atoms with Crippen LogP contribution in [0.1, 0.15) is 30.0 Å². The summed E-state index contributed by atoms with van der Waals surface area (Å²) in [4.78, 5) is 26.6. The fourth-order valence-corrected chi connectivity index (χ4v) is 3.05. The normalized spacial score (nSPS) is 17.1. The van der Waals surface area contributed by atoms with E-state index >= 15 is 0 Å². The molecular weight excluding hydrogens is 288 g/mol. The smallest absolute Gasteiger partial charge is 0.313 e. The van der Waals surface area contributed by atoms with E-state index in [0.29, 0.717) is 12.2 Å². The van der Waals surface area contributed by atoms with Crippen LogP contribution >= 0.6 is 0 Å². The average Bonchev–Trinajstić information content (AvgIpc) is 3.06. The average molecular weight is 308 g/mol. The molecule has 3 rings (SSSR count). The number of nitrogens with one attached hydrogen (secondary N) is 1. The highest BCUT2D eigenvalue weighted by atomic mass is 16.2. The Morgan fingerprint density at radius 2 is 1.74 bits per heavy atom. The molecule has 0 bridgehead atoms. The topological polar surface area (TPSA) is 49.4 Å². The predicted molar refractivity (Wildman–Crippen MR) is 89.9 cm³/mol. The van der Waals surface area contributed by atoms with Crippen LogP contribution in [0.15, 0.2) is 54.6 Å². The zero-order valence-electron chi connectivity index (χ0n) is 13.2. The fraction of sp³-hybridized carbons (Fsp3) is 0.263. The second-order valence-corrected chi connectivity index (χ2v) is 5.84. The number of anilines is 1. The number of hydrogen-bond acceptors (Lipinski definition) is 2. The number of rotatable bonds is 2. The Morgan fingerprint density at radius 3 is 2.48 bits per heavy atom. The number of likely N-dealkylation sites (tertiary alicyclic amines) is 1. The Kier molecular flexibility index (Phi) is 4.42. The van der Waals surface area contributed by atoms with E-state index in [1.807, 2.05) is 55.5 Å². The first-order chi connectivity index (χ1) is 11.2. The van der Waals surface area contributed by atoms with E-state index in [2.05, 4.69) is 5.32 Å². The van der Waals surface area contributed by atoms with Gasteiger partial charge < -0.3 is 10.2 Å². The zero-order valence-corrected chi connectivity index (χ0v) is 13.2. The zero-order chi connectivity index (χ0) is 16.2. The Hall–Kier alpha value is -2.62. The second kappa shape index (κ2) is 6.65. The molecule has 1 heterocycles. The van der Waals surface area contributed by atoms with Crippen LogP contribution in [-0.2, 0) is 9.59 Å². The van der Waals surface area contributed by atoms with Gasteiger partial charge in [-0.2, -0.15) is 0 Å². The summed E-state index contributed by atoms with van der Waals surface area (Å²) in [5.74, 6) is -1.03. The van der Waals surface area contributed by atoms with Crippen LogP contribution in [0.25, 0.3) is 0 Å². The number of carbonyl (C=O) groups excluding carboxylic acids is 2. The molecule has 1 N–H and O–H groups in total. The van der Waals surface area contributed by atoms with Gasteiger partial charge in [-0.25, -0.2) is 0 Å². The quantitative estimate of drug-likeness (QED) is 0.865. The Labute approximate surface area is 136 Å². The van der Waals surface area contributed by atoms with Crippen molar-refractivity contribution < 1.29 is 9.59 Å². The molecule has 118 valence electrons. The maximum Gasteiger partial charge on any atom is 0.313 e. The lowest BCUT2D eigenvalue weighted by atomic mass is 10.0. The largest absolute Gasteiger partial charge is 0.327 e. The molecule has 2 aromatic carbocycles. The van der Waals surface area contributed by atoms with Crippen LogP contribution in [0.5, 0.6) is 0 Å². The van der Waals surface area contributed by atoms with E-state index in [9.17, 15) is 9.59 Å². The van der Waals surface area contributed by atoms with Crippen LogP contribution in [0.2, 0.25) is 0 Å². The molecule has 0 aliphatic carbocycles. The van der Waals surface area contributed by atoms with Crippen LogP contribution in [0.4, 0.5) is 5.69 Å². The standard InChI is InChI=1S/C19H20N2O2/c1-14-8-5-6-11-16(14)20-18(22)19(23)21-13-7-12-17(21)15-9-3-2-4-10-15/h2-6,8-11,17H,7,12-13H2,1H3,(H,20,22). The van der Waals surface area contributed by atoms with Gasteiger partial charge >= 0.3 is 11.8 Å². The highest BCUT2D eigenvalue weighted by Crippen LogP contribution is 2.31. The van der Waals surface area contributed by atoms with Crippen molar-refractivity contribution in [1.29, 1.82) is 0 Å². The molecule has 1 unspecified atom stereocenters. The lowest BCUT2D eigenvalue weighted by Crippen LogP contribution is -2.39. The van der Waals surface area contributed by atoms with Gasteiger partial charge in [0.2, 0.25) is 0 Å². The summed E-state index contributed by atoms with van der Waals surface area (Å²) in [6.45, 7) is 2.53. The van der Waals surface area contributed by atoms with Gasteiger partial charge in [0, 0.05) is 12.2 Å². The van der Waals surface area contributed by atoms with Crippen molar-refractivity contribution in [3.8, 4) is 0 Å². The monoisotopic (exact) mass is 308 g/mol. The van der Waals surface area contributed by atoms with Gasteiger partial charge in [0.05, 0.1) is 6.04 Å². The van der Waals surface area contributed by atoms with Crippen molar-refractivity contribution in [1.82, 2.24) is 4.90 Å². The number of benzene rings is 2. The maximum absolute atomic E-state index is 12.6. The number of hydrogen-bond donors (Lipinski definition) is 1. The van der Waals surface area contributed by atoms with Crippen LogP contribution in [-0.4, -0.2) is 23.3 Å². The molecule has 0 spiro atoms. The van der Waals surface area contributed by atoms with E-state index in [1.54, 1.807) is 11.0 Å². The second-order valence-electron chi connectivity index (χ2n) is 5.84. The van der Waals surface area contributed by atoms with Crippen molar-refractivity contribution >= 4 is 17.5 Å². The van der Waals surface area contributed by atoms with E-state index in [1.165, 1.54) is 0 Å². The summed E-state index contributed by atoms with van der Waals surface area (Å²) >= 11 is 0. The van der Waals surface area contributed by atoms with Crippen LogP contribution < -0.4 is 5.32 Å². The van der Waals surface area contributed by atoms with E-state index in [4.69, 9.17) is 0 Å². The molecular formula is C19H20N2O2. The minimum Gasteiger partial charge on any atom is -0.327 e. The summed E-state index contributed by atoms with van der Waals surface area (Å²) in [5, 5.41) is 2.73. The number of para-hydroxylation sites is 1. The third kappa shape index (κ3) is 3.26. The number of aryl methyl sites for hydroxylation is 1. The molecule has 2 aromatic rings. The van der Waals surface area contributed by atoms with Crippen molar-refractivity contribution in [2.24, 2.45) is 0 Å². The van der Waals surface area contributed by atoms with Crippen LogP contribution in [0.3, 0.4) is 0 Å². The molecule has 4 heteroatoms. The molecule has 0 radical (unpaired) electrons. The maximum atomic E-state index is 12.6. The molecule has 0 saturated carbocycles. The first-order valence-electron chi connectivity index (χ1n) is 7.89. The van der Waals surface area contributed by atoms with E-state index in [-0.39, 0.29) is 6.04 Å². The van der Waals surface area contributed by atoms with Gasteiger partial charge in [-0.15, -0.1) is 0 Å². The number of nitrogens with zero attached hydrogens (tertiary/aromatic N) is 1. The summed E-state index contributed by atoms with van der Waals surface area (Å²) in [7, 11) is 0. The summed E-state index contributed by atoms with van der Waals surface area (Å²) < 4.78 is 0. The molecule has 2 amide bonds. The minimum absolute atomic E-state index is 0.00804. The molecule has 23 heavy (non-hydrogen) atoms. The molecule has 1 saturated heterocycles. The Morgan fingerprint density at radius 1 is 1.04 bits per heavy atom. The lowest BCUT2D eigenvalue weighted by molar-refractivity contribution is -0.143. The van der Waals surface area contributed by atoms with Gasteiger partial charge in [-0.1, -0.05) is 48.5 Å². The van der Waals surface area contributed by atoms with Gasteiger partial charge in [0.1, 0.15) is 0 Å². The van der Waals surface area contributed by atoms with Gasteiger partial charge in [0.15, 0.2) is 0 Å². The van der Waals surface area contributed by atoms with E-state index < -0.39 is 11.8 Å². The molecule has 1 fully saturated rings. The van der Waals surface area contributed by atoms with Gasteiger partial charge in [0.25, 0.3) is 0 Å². The highest BCUT2D eigenvalue weighted by Gasteiger charge is 2.33. The lowest BCUT2D eigenvalue weighted by Gasteiger charge is -2.24. The molecule has 1 atom stereocenters. The fourth-order valence-electron chi connectivity index (χ4n) is 3.05. The Bertz CT molecular complexity index is 712. The summed E-state index contributed by atoms with van der Waals surface area (Å²) in [6.07, 6.45) is 1.82. The summed E-state index contributed by atoms with van der Waals surface area (Å²) in [5.41, 5.74) is 2.71. The third-order valence-electron chi connectivity index (χ3n) is 4.29. The number of amides is 2. The Balaban J connectivity index is 1.74. The highest BCUT2D eigenvalue weighted by molar-refractivity contribution is 6.39. The predicted octanol–water partition coefficient (Wildman–Crippen LogP) is 3.30. The first kappa shape index (κ1) is 15.3. The molecule has 4 nitrogen and oxygen atoms in total.